The highest BCUT2D eigenvalue weighted by Crippen LogP contribution is 2.46. The van der Waals surface area contributed by atoms with E-state index in [1.165, 1.54) is 0 Å². The molecule has 0 bridgehead atoms. The number of halogens is 1. The van der Waals surface area contributed by atoms with E-state index in [0.29, 0.717) is 17.5 Å². The number of carbonyl (C=O) groups excluding carboxylic acids is 3. The highest BCUT2D eigenvalue weighted by atomic mass is 35.5. The van der Waals surface area contributed by atoms with Gasteiger partial charge in [-0.25, -0.2) is 0 Å². The minimum atomic E-state index is -0.773. The first-order valence-corrected chi connectivity index (χ1v) is 10.4. The van der Waals surface area contributed by atoms with E-state index in [2.05, 4.69) is 27.0 Å². The topological polar surface area (TPSA) is 127 Å². The van der Waals surface area contributed by atoms with E-state index in [9.17, 15) is 19.6 Å². The summed E-state index contributed by atoms with van der Waals surface area (Å²) in [6.07, 6.45) is 5.55. The number of H-pyrrole nitrogens is 1. The molecule has 2 saturated carbocycles. The van der Waals surface area contributed by atoms with Crippen molar-refractivity contribution in [2.75, 3.05) is 0 Å². The molecule has 1 spiro atoms. The molecule has 3 unspecified atom stereocenters. The number of carbonyl (C=O) groups is 3. The lowest BCUT2D eigenvalue weighted by molar-refractivity contribution is -0.125. The molecule has 0 aromatic carbocycles. The predicted molar refractivity (Wildman–Crippen MR) is 105 cm³/mol. The van der Waals surface area contributed by atoms with Crippen LogP contribution in [-0.2, 0) is 9.59 Å². The number of nitrogens with one attached hydrogen (secondary N) is 4. The third-order valence-corrected chi connectivity index (χ3v) is 6.25. The molecule has 1 saturated heterocycles. The molecule has 4 N–H and O–H groups in total. The van der Waals surface area contributed by atoms with Crippen molar-refractivity contribution in [2.24, 2.45) is 11.8 Å². The third-order valence-electron chi connectivity index (χ3n) is 6.03. The molecule has 4 rings (SSSR count). The molecule has 1 aromatic rings. The highest BCUT2D eigenvalue weighted by molar-refractivity contribution is 6.29. The molecule has 3 atom stereocenters. The Balaban J connectivity index is 1.36. The highest BCUT2D eigenvalue weighted by Gasteiger charge is 2.52. The van der Waals surface area contributed by atoms with Crippen molar-refractivity contribution in [2.45, 2.75) is 62.6 Å². The van der Waals surface area contributed by atoms with Gasteiger partial charge < -0.3 is 20.9 Å². The minimum Gasteiger partial charge on any atom is -0.350 e. The van der Waals surface area contributed by atoms with Crippen molar-refractivity contribution in [3.05, 3.63) is 23.0 Å². The van der Waals surface area contributed by atoms with Crippen molar-refractivity contribution in [1.29, 1.82) is 5.26 Å². The summed E-state index contributed by atoms with van der Waals surface area (Å²) in [6.45, 7) is 0. The molecule has 1 aromatic heterocycles. The Morgan fingerprint density at radius 2 is 2.03 bits per heavy atom. The second-order valence-electron chi connectivity index (χ2n) is 8.52. The van der Waals surface area contributed by atoms with E-state index in [4.69, 9.17) is 11.6 Å². The molecular formula is C20H24ClN5O3. The van der Waals surface area contributed by atoms with Crippen LogP contribution in [0.25, 0.3) is 0 Å². The maximum atomic E-state index is 12.8. The van der Waals surface area contributed by atoms with Crippen LogP contribution in [0, 0.1) is 23.2 Å². The molecule has 9 heteroatoms. The summed E-state index contributed by atoms with van der Waals surface area (Å²) in [5.41, 5.74) is 0.212. The number of nitriles is 1. The number of rotatable bonds is 8. The maximum absolute atomic E-state index is 12.8. The first-order chi connectivity index (χ1) is 13.9. The molecule has 29 heavy (non-hydrogen) atoms. The Morgan fingerprint density at radius 1 is 1.28 bits per heavy atom. The summed E-state index contributed by atoms with van der Waals surface area (Å²) in [5, 5.41) is 18.3. The fourth-order valence-corrected chi connectivity index (χ4v) is 4.17. The van der Waals surface area contributed by atoms with E-state index in [-0.39, 0.29) is 29.5 Å². The molecule has 0 radical (unpaired) electrons. The lowest BCUT2D eigenvalue weighted by Gasteiger charge is -2.21. The zero-order chi connectivity index (χ0) is 20.6. The smallest absolute Gasteiger partial charge is 0.268 e. The Bertz CT molecular complexity index is 868. The molecular weight excluding hydrogens is 394 g/mol. The lowest BCUT2D eigenvalue weighted by Crippen LogP contribution is -2.50. The standard InChI is InChI=1S/C20H24ClN5O3/c21-16-4-3-14(24-16)18(28)25-15(7-11-1-2-11)19(29)23-13(10-22)8-12-9-20(5-6-20)26-17(12)27/h3-4,11-13,15,24H,1-2,5-9H2,(H,23,29)(H,25,28)(H,26,27). The van der Waals surface area contributed by atoms with E-state index in [1.54, 1.807) is 12.1 Å². The second-order valence-corrected chi connectivity index (χ2v) is 8.93. The summed E-state index contributed by atoms with van der Waals surface area (Å²) in [6, 6.07) is 3.70. The van der Waals surface area contributed by atoms with Gasteiger partial charge in [-0.15, -0.1) is 0 Å². The number of aromatic nitrogens is 1. The van der Waals surface area contributed by atoms with Crippen LogP contribution < -0.4 is 16.0 Å². The van der Waals surface area contributed by atoms with Gasteiger partial charge in [0.05, 0.1) is 6.07 Å². The molecule has 3 fully saturated rings. The van der Waals surface area contributed by atoms with Crippen molar-refractivity contribution in [3.8, 4) is 6.07 Å². The lowest BCUT2D eigenvalue weighted by atomic mass is 9.95. The second kappa shape index (κ2) is 7.71. The van der Waals surface area contributed by atoms with E-state index in [0.717, 1.165) is 32.1 Å². The molecule has 2 aliphatic carbocycles. The van der Waals surface area contributed by atoms with Gasteiger partial charge in [-0.05, 0) is 50.2 Å². The molecule has 154 valence electrons. The van der Waals surface area contributed by atoms with Gasteiger partial charge in [0.15, 0.2) is 0 Å². The Kier molecular flexibility index (Phi) is 5.26. The summed E-state index contributed by atoms with van der Waals surface area (Å²) >= 11 is 5.82. The van der Waals surface area contributed by atoms with E-state index >= 15 is 0 Å². The number of amides is 3. The Morgan fingerprint density at radius 3 is 2.59 bits per heavy atom. The first-order valence-electron chi connectivity index (χ1n) is 10.0. The molecule has 2 heterocycles. The molecule has 3 aliphatic rings. The largest absolute Gasteiger partial charge is 0.350 e. The van der Waals surface area contributed by atoms with Crippen molar-refractivity contribution in [3.63, 3.8) is 0 Å². The van der Waals surface area contributed by atoms with Crippen LogP contribution in [-0.4, -0.2) is 40.3 Å². The number of hydrogen-bond acceptors (Lipinski definition) is 4. The average Bonchev–Trinajstić information content (AvgIpc) is 3.58. The fraction of sp³-hybridized carbons (Fsp3) is 0.600. The van der Waals surface area contributed by atoms with Crippen LogP contribution in [0.3, 0.4) is 0 Å². The first kappa shape index (κ1) is 19.8. The van der Waals surface area contributed by atoms with Crippen LogP contribution in [0.15, 0.2) is 12.1 Å². The third kappa shape index (κ3) is 4.73. The number of hydrogen-bond donors (Lipinski definition) is 4. The molecule has 3 amide bonds. The number of nitrogens with zero attached hydrogens (tertiary/aromatic N) is 1. The summed E-state index contributed by atoms with van der Waals surface area (Å²) in [7, 11) is 0. The van der Waals surface area contributed by atoms with Crippen LogP contribution in [0.4, 0.5) is 0 Å². The van der Waals surface area contributed by atoms with Gasteiger partial charge in [0.1, 0.15) is 22.9 Å². The van der Waals surface area contributed by atoms with Gasteiger partial charge in [0.2, 0.25) is 11.8 Å². The zero-order valence-corrected chi connectivity index (χ0v) is 16.7. The zero-order valence-electron chi connectivity index (χ0n) is 16.0. The quantitative estimate of drug-likeness (QED) is 0.512. The number of aromatic amines is 1. The van der Waals surface area contributed by atoms with Gasteiger partial charge in [0, 0.05) is 11.5 Å². The van der Waals surface area contributed by atoms with E-state index < -0.39 is 23.9 Å². The molecule has 1 aliphatic heterocycles. The normalized spacial score (nSPS) is 23.7. The van der Waals surface area contributed by atoms with Gasteiger partial charge in [-0.1, -0.05) is 24.4 Å². The van der Waals surface area contributed by atoms with Crippen molar-refractivity contribution >= 4 is 29.3 Å². The van der Waals surface area contributed by atoms with Crippen molar-refractivity contribution in [1.82, 2.24) is 20.9 Å². The Hall–Kier alpha value is -2.53. The van der Waals surface area contributed by atoms with Gasteiger partial charge in [0.25, 0.3) is 5.91 Å². The summed E-state index contributed by atoms with van der Waals surface area (Å²) < 4.78 is 0. The van der Waals surface area contributed by atoms with Crippen LogP contribution in [0.1, 0.15) is 55.4 Å². The monoisotopic (exact) mass is 417 g/mol. The van der Waals surface area contributed by atoms with Crippen LogP contribution >= 0.6 is 11.6 Å². The predicted octanol–water partition coefficient (Wildman–Crippen LogP) is 1.63. The van der Waals surface area contributed by atoms with Gasteiger partial charge >= 0.3 is 0 Å². The summed E-state index contributed by atoms with van der Waals surface area (Å²) in [4.78, 5) is 40.1. The maximum Gasteiger partial charge on any atom is 0.268 e. The van der Waals surface area contributed by atoms with Crippen LogP contribution in [0.2, 0.25) is 5.15 Å². The molecule has 8 nitrogen and oxygen atoms in total. The van der Waals surface area contributed by atoms with Crippen molar-refractivity contribution < 1.29 is 14.4 Å². The van der Waals surface area contributed by atoms with Gasteiger partial charge in [-0.3, -0.25) is 14.4 Å². The Labute approximate surface area is 173 Å². The van der Waals surface area contributed by atoms with E-state index in [1.807, 2.05) is 0 Å². The summed E-state index contributed by atoms with van der Waals surface area (Å²) in [5.74, 6) is -0.719. The van der Waals surface area contributed by atoms with Gasteiger partial charge in [-0.2, -0.15) is 5.26 Å². The SMILES string of the molecule is N#CC(CC1CC2(CC2)NC1=O)NC(=O)C(CC1CC1)NC(=O)c1ccc(Cl)[nH]1. The fourth-order valence-electron chi connectivity index (χ4n) is 4.01. The minimum absolute atomic E-state index is 0.0385. The van der Waals surface area contributed by atoms with Crippen LogP contribution in [0.5, 0.6) is 0 Å². The average molecular weight is 418 g/mol.